The van der Waals surface area contributed by atoms with Crippen LogP contribution in [0.25, 0.3) is 0 Å². The van der Waals surface area contributed by atoms with Crippen molar-refractivity contribution in [3.63, 3.8) is 0 Å². The lowest BCUT2D eigenvalue weighted by Gasteiger charge is -2.16. The molecule has 18 heavy (non-hydrogen) atoms. The number of allylic oxidation sites excluding steroid dienone is 2. The molecule has 0 heterocycles. The number of aryl methyl sites for hydroxylation is 1. The minimum atomic E-state index is 0.513. The predicted octanol–water partition coefficient (Wildman–Crippen LogP) is 5.24. The molecule has 0 radical (unpaired) electrons. The summed E-state index contributed by atoms with van der Waals surface area (Å²) in [5.74, 6) is 1.57. The summed E-state index contributed by atoms with van der Waals surface area (Å²) in [5, 5.41) is 0. The van der Waals surface area contributed by atoms with Crippen molar-refractivity contribution in [1.29, 1.82) is 0 Å². The first kappa shape index (κ1) is 14.8. The van der Waals surface area contributed by atoms with Gasteiger partial charge in [-0.3, -0.25) is 0 Å². The molecule has 0 aromatic heterocycles. The molecule has 0 aliphatic carbocycles. The Kier molecular flexibility index (Phi) is 6.56. The van der Waals surface area contributed by atoms with E-state index in [4.69, 9.17) is 4.74 Å². The van der Waals surface area contributed by atoms with E-state index in [1.165, 1.54) is 11.1 Å². The van der Waals surface area contributed by atoms with Gasteiger partial charge in [-0.1, -0.05) is 50.6 Å². The lowest BCUT2D eigenvalue weighted by atomic mass is 9.95. The fourth-order valence-corrected chi connectivity index (χ4v) is 1.99. The van der Waals surface area contributed by atoms with Crippen LogP contribution in [0.15, 0.2) is 30.4 Å². The van der Waals surface area contributed by atoms with Crippen LogP contribution in [0.4, 0.5) is 0 Å². The van der Waals surface area contributed by atoms with Gasteiger partial charge in [-0.15, -0.1) is 0 Å². The fraction of sp³-hybridized carbons (Fsp3) is 0.529. The Morgan fingerprint density at radius 3 is 2.67 bits per heavy atom. The van der Waals surface area contributed by atoms with Crippen LogP contribution in [0, 0.1) is 6.92 Å². The van der Waals surface area contributed by atoms with Crippen molar-refractivity contribution < 1.29 is 4.74 Å². The number of benzene rings is 1. The predicted molar refractivity (Wildman–Crippen MR) is 79.4 cm³/mol. The van der Waals surface area contributed by atoms with E-state index in [0.717, 1.165) is 31.6 Å². The van der Waals surface area contributed by atoms with Crippen LogP contribution < -0.4 is 4.74 Å². The van der Waals surface area contributed by atoms with Gasteiger partial charge in [-0.05, 0) is 43.7 Å². The zero-order valence-corrected chi connectivity index (χ0v) is 12.2. The van der Waals surface area contributed by atoms with E-state index in [0.29, 0.717) is 5.92 Å². The number of ether oxygens (including phenoxy) is 1. The van der Waals surface area contributed by atoms with Crippen molar-refractivity contribution >= 4 is 0 Å². The molecule has 0 bridgehead atoms. The summed E-state index contributed by atoms with van der Waals surface area (Å²) in [4.78, 5) is 0. The summed E-state index contributed by atoms with van der Waals surface area (Å²) in [5.41, 5.74) is 2.64. The molecule has 0 amide bonds. The second-order valence-corrected chi connectivity index (χ2v) is 4.91. The molecular weight excluding hydrogens is 220 g/mol. The topological polar surface area (TPSA) is 9.23 Å². The van der Waals surface area contributed by atoms with Crippen LogP contribution in [0.5, 0.6) is 5.75 Å². The maximum Gasteiger partial charge on any atom is 0.122 e. The first-order valence-corrected chi connectivity index (χ1v) is 7.07. The standard InChI is InChI=1S/C17H26O/c1-5-7-8-9-15(4)16-13-14(3)10-11-17(16)18-12-6-2/h7-8,10-11,13,15H,5-6,9,12H2,1-4H3/b8-7-. The number of rotatable bonds is 7. The average Bonchev–Trinajstić information content (AvgIpc) is 2.37. The molecule has 1 aromatic rings. The molecule has 0 saturated carbocycles. The lowest BCUT2D eigenvalue weighted by Crippen LogP contribution is -2.02. The van der Waals surface area contributed by atoms with Crippen molar-refractivity contribution in [2.45, 2.75) is 52.9 Å². The molecule has 1 heteroatoms. The number of hydrogen-bond acceptors (Lipinski definition) is 1. The molecule has 0 aliphatic rings. The Hall–Kier alpha value is -1.24. The zero-order chi connectivity index (χ0) is 13.4. The quantitative estimate of drug-likeness (QED) is 0.597. The van der Waals surface area contributed by atoms with Crippen LogP contribution in [-0.4, -0.2) is 6.61 Å². The minimum absolute atomic E-state index is 0.513. The molecular formula is C17H26O. The van der Waals surface area contributed by atoms with Crippen LogP contribution in [0.1, 0.15) is 57.1 Å². The summed E-state index contributed by atoms with van der Waals surface area (Å²) in [6.45, 7) is 9.52. The van der Waals surface area contributed by atoms with E-state index in [1.807, 2.05) is 0 Å². The largest absolute Gasteiger partial charge is 0.493 e. The summed E-state index contributed by atoms with van der Waals surface area (Å²) < 4.78 is 5.84. The van der Waals surface area contributed by atoms with E-state index in [2.05, 4.69) is 58.0 Å². The van der Waals surface area contributed by atoms with Crippen molar-refractivity contribution in [3.05, 3.63) is 41.5 Å². The monoisotopic (exact) mass is 246 g/mol. The van der Waals surface area contributed by atoms with Gasteiger partial charge >= 0.3 is 0 Å². The van der Waals surface area contributed by atoms with Crippen LogP contribution >= 0.6 is 0 Å². The summed E-state index contributed by atoms with van der Waals surface area (Å²) in [7, 11) is 0. The highest BCUT2D eigenvalue weighted by Gasteiger charge is 2.10. The van der Waals surface area contributed by atoms with Gasteiger partial charge < -0.3 is 4.74 Å². The highest BCUT2D eigenvalue weighted by molar-refractivity contribution is 5.39. The molecule has 0 aliphatic heterocycles. The third-order valence-electron chi connectivity index (χ3n) is 3.05. The minimum Gasteiger partial charge on any atom is -0.493 e. The third kappa shape index (κ3) is 4.56. The Labute approximate surface area is 112 Å². The van der Waals surface area contributed by atoms with Gasteiger partial charge in [0.2, 0.25) is 0 Å². The maximum absolute atomic E-state index is 5.84. The van der Waals surface area contributed by atoms with E-state index >= 15 is 0 Å². The Morgan fingerprint density at radius 1 is 1.22 bits per heavy atom. The second kappa shape index (κ2) is 7.97. The number of hydrogen-bond donors (Lipinski definition) is 0. The van der Waals surface area contributed by atoms with E-state index < -0.39 is 0 Å². The first-order chi connectivity index (χ1) is 8.69. The Morgan fingerprint density at radius 2 is 2.00 bits per heavy atom. The molecule has 0 spiro atoms. The Bertz CT molecular complexity index is 379. The van der Waals surface area contributed by atoms with Gasteiger partial charge in [0, 0.05) is 0 Å². The van der Waals surface area contributed by atoms with Gasteiger partial charge in [0.1, 0.15) is 5.75 Å². The summed E-state index contributed by atoms with van der Waals surface area (Å²) in [6, 6.07) is 6.50. The van der Waals surface area contributed by atoms with Crippen LogP contribution in [0.3, 0.4) is 0 Å². The molecule has 0 fully saturated rings. The second-order valence-electron chi connectivity index (χ2n) is 4.91. The highest BCUT2D eigenvalue weighted by Crippen LogP contribution is 2.30. The van der Waals surface area contributed by atoms with Crippen molar-refractivity contribution in [2.75, 3.05) is 6.61 Å². The summed E-state index contributed by atoms with van der Waals surface area (Å²) in [6.07, 6.45) is 7.76. The van der Waals surface area contributed by atoms with Crippen molar-refractivity contribution in [2.24, 2.45) is 0 Å². The van der Waals surface area contributed by atoms with Gasteiger partial charge in [-0.25, -0.2) is 0 Å². The molecule has 1 nitrogen and oxygen atoms in total. The van der Waals surface area contributed by atoms with Crippen molar-refractivity contribution in [3.8, 4) is 5.75 Å². The molecule has 1 unspecified atom stereocenters. The first-order valence-electron chi connectivity index (χ1n) is 7.07. The van der Waals surface area contributed by atoms with Crippen LogP contribution in [0.2, 0.25) is 0 Å². The highest BCUT2D eigenvalue weighted by atomic mass is 16.5. The average molecular weight is 246 g/mol. The van der Waals surface area contributed by atoms with Gasteiger partial charge in [-0.2, -0.15) is 0 Å². The lowest BCUT2D eigenvalue weighted by molar-refractivity contribution is 0.312. The third-order valence-corrected chi connectivity index (χ3v) is 3.05. The molecule has 100 valence electrons. The SMILES string of the molecule is CC/C=C\CC(C)c1cc(C)ccc1OCCC. The summed E-state index contributed by atoms with van der Waals surface area (Å²) >= 11 is 0. The maximum atomic E-state index is 5.84. The molecule has 0 N–H and O–H groups in total. The van der Waals surface area contributed by atoms with E-state index in [-0.39, 0.29) is 0 Å². The van der Waals surface area contributed by atoms with E-state index in [1.54, 1.807) is 0 Å². The van der Waals surface area contributed by atoms with Gasteiger partial charge in [0.25, 0.3) is 0 Å². The molecule has 1 atom stereocenters. The molecule has 1 aromatic carbocycles. The molecule has 0 saturated heterocycles. The van der Waals surface area contributed by atoms with Crippen LogP contribution in [-0.2, 0) is 0 Å². The Balaban J connectivity index is 2.82. The van der Waals surface area contributed by atoms with Gasteiger partial charge in [0.05, 0.1) is 6.61 Å². The normalized spacial score (nSPS) is 12.9. The zero-order valence-electron chi connectivity index (χ0n) is 12.2. The fourth-order valence-electron chi connectivity index (χ4n) is 1.99. The van der Waals surface area contributed by atoms with Crippen molar-refractivity contribution in [1.82, 2.24) is 0 Å². The van der Waals surface area contributed by atoms with Gasteiger partial charge in [0.15, 0.2) is 0 Å². The van der Waals surface area contributed by atoms with E-state index in [9.17, 15) is 0 Å². The smallest absolute Gasteiger partial charge is 0.122 e. The molecule has 1 rings (SSSR count).